The van der Waals surface area contributed by atoms with E-state index >= 15 is 0 Å². The Labute approximate surface area is 200 Å². The highest BCUT2D eigenvalue weighted by Crippen LogP contribution is 2.27. The average Bonchev–Trinajstić information content (AvgIpc) is 2.72. The molecule has 0 unspecified atom stereocenters. The molecule has 3 rings (SSSR count). The van der Waals surface area contributed by atoms with E-state index in [9.17, 15) is 13.2 Å². The Morgan fingerprint density at radius 2 is 1.55 bits per heavy atom. The second-order valence-corrected chi connectivity index (χ2v) is 9.94. The van der Waals surface area contributed by atoms with Gasteiger partial charge in [-0.1, -0.05) is 64.6 Å². The van der Waals surface area contributed by atoms with Crippen molar-refractivity contribution in [3.05, 3.63) is 91.9 Å². The Morgan fingerprint density at radius 1 is 0.806 bits per heavy atom. The summed E-state index contributed by atoms with van der Waals surface area (Å²) in [5.41, 5.74) is 2.10. The van der Waals surface area contributed by atoms with Gasteiger partial charge in [-0.05, 0) is 53.6 Å². The molecule has 0 spiro atoms. The lowest BCUT2D eigenvalue weighted by Gasteiger charge is -2.13. The van der Waals surface area contributed by atoms with Gasteiger partial charge >= 0.3 is 0 Å². The molecular weight excluding hydrogens is 502 g/mol. The zero-order valence-corrected chi connectivity index (χ0v) is 19.7. The number of nitrogens with one attached hydrogen (secondary N) is 2. The standard InChI is InChI=1S/C21H16Cl4N2O3S/c22-15-5-8-20(14(10-15)9-13-3-1-2-4-17(13)23)27-21(28)12-26-31(29,30)16-6-7-18(24)19(25)11-16/h1-8,10-11,26H,9,12H2,(H,27,28). The van der Waals surface area contributed by atoms with E-state index < -0.39 is 22.5 Å². The van der Waals surface area contributed by atoms with Crippen molar-refractivity contribution in [2.75, 3.05) is 11.9 Å². The van der Waals surface area contributed by atoms with E-state index in [2.05, 4.69) is 10.0 Å². The van der Waals surface area contributed by atoms with Gasteiger partial charge in [0.2, 0.25) is 15.9 Å². The van der Waals surface area contributed by atoms with Crippen LogP contribution in [-0.2, 0) is 21.2 Å². The number of carbonyl (C=O) groups is 1. The largest absolute Gasteiger partial charge is 0.325 e. The molecule has 0 saturated heterocycles. The summed E-state index contributed by atoms with van der Waals surface area (Å²) in [6.07, 6.45) is 0.435. The summed E-state index contributed by atoms with van der Waals surface area (Å²) >= 11 is 24.0. The number of rotatable bonds is 7. The van der Waals surface area contributed by atoms with Gasteiger partial charge in [0.1, 0.15) is 0 Å². The summed E-state index contributed by atoms with van der Waals surface area (Å²) in [5.74, 6) is -0.550. The Bertz CT molecular complexity index is 1230. The van der Waals surface area contributed by atoms with Crippen molar-refractivity contribution in [1.29, 1.82) is 0 Å². The summed E-state index contributed by atoms with van der Waals surface area (Å²) in [4.78, 5) is 12.3. The first-order chi connectivity index (χ1) is 14.7. The smallest absolute Gasteiger partial charge is 0.241 e. The molecule has 2 N–H and O–H groups in total. The molecule has 31 heavy (non-hydrogen) atoms. The Morgan fingerprint density at radius 3 is 2.26 bits per heavy atom. The summed E-state index contributed by atoms with van der Waals surface area (Å²) in [5, 5.41) is 4.12. The molecule has 0 bridgehead atoms. The van der Waals surface area contributed by atoms with Gasteiger partial charge in [-0.25, -0.2) is 13.1 Å². The monoisotopic (exact) mass is 516 g/mol. The van der Waals surface area contributed by atoms with Crippen LogP contribution in [-0.4, -0.2) is 20.9 Å². The van der Waals surface area contributed by atoms with Crippen molar-refractivity contribution < 1.29 is 13.2 Å². The van der Waals surface area contributed by atoms with Crippen LogP contribution < -0.4 is 10.0 Å². The summed E-state index contributed by atoms with van der Waals surface area (Å²) in [6, 6.07) is 16.2. The number of hydrogen-bond donors (Lipinski definition) is 2. The van der Waals surface area contributed by atoms with Gasteiger partial charge in [0.15, 0.2) is 0 Å². The van der Waals surface area contributed by atoms with Crippen molar-refractivity contribution in [3.63, 3.8) is 0 Å². The normalized spacial score (nSPS) is 11.4. The fourth-order valence-electron chi connectivity index (χ4n) is 2.76. The second-order valence-electron chi connectivity index (χ2n) is 6.52. The van der Waals surface area contributed by atoms with Crippen LogP contribution in [0.25, 0.3) is 0 Å². The molecule has 0 aliphatic heterocycles. The number of anilines is 1. The van der Waals surface area contributed by atoms with E-state index in [1.165, 1.54) is 18.2 Å². The van der Waals surface area contributed by atoms with E-state index in [1.807, 2.05) is 18.2 Å². The second kappa shape index (κ2) is 10.2. The lowest BCUT2D eigenvalue weighted by Crippen LogP contribution is -2.33. The third-order valence-electron chi connectivity index (χ3n) is 4.30. The number of amides is 1. The van der Waals surface area contributed by atoms with Crippen LogP contribution in [0.1, 0.15) is 11.1 Å². The summed E-state index contributed by atoms with van der Waals surface area (Å²) < 4.78 is 27.1. The van der Waals surface area contributed by atoms with Crippen LogP contribution in [0.15, 0.2) is 65.6 Å². The first-order valence-electron chi connectivity index (χ1n) is 8.92. The first-order valence-corrected chi connectivity index (χ1v) is 11.9. The number of halogens is 4. The Balaban J connectivity index is 1.72. The van der Waals surface area contributed by atoms with Crippen molar-refractivity contribution in [2.24, 2.45) is 0 Å². The molecule has 0 heterocycles. The van der Waals surface area contributed by atoms with Gasteiger partial charge in [-0.3, -0.25) is 4.79 Å². The van der Waals surface area contributed by atoms with Gasteiger partial charge in [0, 0.05) is 22.2 Å². The molecular formula is C21H16Cl4N2O3S. The average molecular weight is 518 g/mol. The van der Waals surface area contributed by atoms with Crippen LogP contribution in [0.4, 0.5) is 5.69 Å². The zero-order chi connectivity index (χ0) is 22.6. The molecule has 3 aromatic carbocycles. The van der Waals surface area contributed by atoms with E-state index in [-0.39, 0.29) is 14.9 Å². The highest BCUT2D eigenvalue weighted by Gasteiger charge is 2.17. The highest BCUT2D eigenvalue weighted by molar-refractivity contribution is 7.89. The number of benzene rings is 3. The third kappa shape index (κ3) is 6.35. The van der Waals surface area contributed by atoms with Gasteiger partial charge in [-0.2, -0.15) is 0 Å². The molecule has 0 saturated carbocycles. The number of hydrogen-bond acceptors (Lipinski definition) is 3. The molecule has 0 radical (unpaired) electrons. The SMILES string of the molecule is O=C(CNS(=O)(=O)c1ccc(Cl)c(Cl)c1)Nc1ccc(Cl)cc1Cc1ccccc1Cl. The van der Waals surface area contributed by atoms with E-state index in [0.717, 1.165) is 11.1 Å². The first kappa shape index (κ1) is 23.9. The lowest BCUT2D eigenvalue weighted by atomic mass is 10.0. The minimum absolute atomic E-state index is 0.0966. The van der Waals surface area contributed by atoms with Gasteiger partial charge in [0.25, 0.3) is 0 Å². The van der Waals surface area contributed by atoms with Gasteiger partial charge in [-0.15, -0.1) is 0 Å². The molecule has 0 aliphatic rings. The fourth-order valence-corrected chi connectivity index (χ4v) is 4.53. The number of sulfonamides is 1. The van der Waals surface area contributed by atoms with Crippen molar-refractivity contribution in [1.82, 2.24) is 4.72 Å². The zero-order valence-electron chi connectivity index (χ0n) is 15.8. The molecule has 5 nitrogen and oxygen atoms in total. The lowest BCUT2D eigenvalue weighted by molar-refractivity contribution is -0.115. The summed E-state index contributed by atoms with van der Waals surface area (Å²) in [6.45, 7) is -0.475. The molecule has 1 amide bonds. The minimum Gasteiger partial charge on any atom is -0.325 e. The summed E-state index contributed by atoms with van der Waals surface area (Å²) in [7, 11) is -3.95. The van der Waals surface area contributed by atoms with Crippen LogP contribution in [0, 0.1) is 0 Å². The Hall–Kier alpha value is -1.80. The highest BCUT2D eigenvalue weighted by atomic mass is 35.5. The van der Waals surface area contributed by atoms with E-state index in [0.29, 0.717) is 22.2 Å². The van der Waals surface area contributed by atoms with Crippen LogP contribution in [0.3, 0.4) is 0 Å². The van der Waals surface area contributed by atoms with Crippen molar-refractivity contribution in [2.45, 2.75) is 11.3 Å². The van der Waals surface area contributed by atoms with Gasteiger partial charge < -0.3 is 5.32 Å². The van der Waals surface area contributed by atoms with Crippen molar-refractivity contribution in [3.8, 4) is 0 Å². The van der Waals surface area contributed by atoms with Crippen LogP contribution in [0.2, 0.25) is 20.1 Å². The number of carbonyl (C=O) groups excluding carboxylic acids is 1. The molecule has 0 fully saturated rings. The maximum absolute atomic E-state index is 12.4. The minimum atomic E-state index is -3.95. The molecule has 3 aromatic rings. The molecule has 0 aromatic heterocycles. The van der Waals surface area contributed by atoms with E-state index in [1.54, 1.807) is 24.3 Å². The topological polar surface area (TPSA) is 75.3 Å². The van der Waals surface area contributed by atoms with Crippen LogP contribution in [0.5, 0.6) is 0 Å². The third-order valence-corrected chi connectivity index (χ3v) is 7.05. The maximum Gasteiger partial charge on any atom is 0.241 e. The quantitative estimate of drug-likeness (QED) is 0.415. The van der Waals surface area contributed by atoms with E-state index in [4.69, 9.17) is 46.4 Å². The molecule has 0 atom stereocenters. The maximum atomic E-state index is 12.4. The fraction of sp³-hybridized carbons (Fsp3) is 0.0952. The predicted octanol–water partition coefficient (Wildman–Crippen LogP) is 5.81. The predicted molar refractivity (Wildman–Crippen MR) is 126 cm³/mol. The van der Waals surface area contributed by atoms with Crippen LogP contribution >= 0.6 is 46.4 Å². The molecule has 162 valence electrons. The van der Waals surface area contributed by atoms with Gasteiger partial charge in [0.05, 0.1) is 21.5 Å². The molecule has 0 aliphatic carbocycles. The Kier molecular flexibility index (Phi) is 7.86. The molecule has 10 heteroatoms. The van der Waals surface area contributed by atoms with Crippen molar-refractivity contribution >= 4 is 68.0 Å².